The minimum atomic E-state index is 0.283. The van der Waals surface area contributed by atoms with Crippen molar-refractivity contribution in [2.75, 3.05) is 6.61 Å². The zero-order valence-corrected chi connectivity index (χ0v) is 11.8. The normalized spacial score (nSPS) is 12.9. The molecular formula is C15H25NO. The molecule has 0 spiro atoms. The number of aliphatic imine (C=N–C) groups is 1. The van der Waals surface area contributed by atoms with Crippen molar-refractivity contribution in [3.63, 3.8) is 0 Å². The summed E-state index contributed by atoms with van der Waals surface area (Å²) in [6, 6.07) is 0. The highest BCUT2D eigenvalue weighted by Gasteiger charge is 2.11. The van der Waals surface area contributed by atoms with Gasteiger partial charge < -0.3 is 4.74 Å². The largest absolute Gasteiger partial charge is 0.499 e. The van der Waals surface area contributed by atoms with E-state index in [1.165, 1.54) is 0 Å². The first-order valence-electron chi connectivity index (χ1n) is 6.06. The average Bonchev–Trinajstić information content (AvgIpc) is 2.23. The molecule has 1 unspecified atom stereocenters. The summed E-state index contributed by atoms with van der Waals surface area (Å²) in [6.45, 7) is 18.6. The summed E-state index contributed by atoms with van der Waals surface area (Å²) in [6.07, 6.45) is 2.76. The molecule has 0 saturated carbocycles. The van der Waals surface area contributed by atoms with Gasteiger partial charge >= 0.3 is 0 Å². The zero-order valence-electron chi connectivity index (χ0n) is 11.8. The van der Waals surface area contributed by atoms with Crippen LogP contribution in [0.15, 0.2) is 41.3 Å². The Kier molecular flexibility index (Phi) is 7.27. The van der Waals surface area contributed by atoms with Crippen molar-refractivity contribution in [3.05, 3.63) is 36.3 Å². The molecule has 0 aromatic heterocycles. The van der Waals surface area contributed by atoms with E-state index >= 15 is 0 Å². The van der Waals surface area contributed by atoms with Gasteiger partial charge in [-0.05, 0) is 39.7 Å². The number of hydrogen-bond acceptors (Lipinski definition) is 2. The Morgan fingerprint density at radius 3 is 2.29 bits per heavy atom. The van der Waals surface area contributed by atoms with Crippen LogP contribution in [0.4, 0.5) is 0 Å². The Hall–Kier alpha value is -1.31. The number of allylic oxidation sites excluding steroid dienone is 3. The summed E-state index contributed by atoms with van der Waals surface area (Å²) >= 11 is 0. The van der Waals surface area contributed by atoms with E-state index in [0.717, 1.165) is 29.0 Å². The molecule has 0 saturated heterocycles. The number of ether oxygens (including phenoxy) is 1. The van der Waals surface area contributed by atoms with Crippen LogP contribution in [0, 0.1) is 5.92 Å². The molecule has 0 bridgehead atoms. The summed E-state index contributed by atoms with van der Waals surface area (Å²) in [4.78, 5) is 4.33. The fourth-order valence-electron chi connectivity index (χ4n) is 1.32. The second-order valence-electron chi connectivity index (χ2n) is 4.52. The van der Waals surface area contributed by atoms with E-state index < -0.39 is 0 Å². The third-order valence-electron chi connectivity index (χ3n) is 2.43. The Morgan fingerprint density at radius 1 is 1.29 bits per heavy atom. The van der Waals surface area contributed by atoms with Crippen molar-refractivity contribution in [2.24, 2.45) is 10.9 Å². The van der Waals surface area contributed by atoms with Crippen molar-refractivity contribution in [1.82, 2.24) is 0 Å². The van der Waals surface area contributed by atoms with Gasteiger partial charge in [-0.25, -0.2) is 0 Å². The third kappa shape index (κ3) is 6.77. The molecule has 0 heterocycles. The van der Waals surface area contributed by atoms with Gasteiger partial charge in [0, 0.05) is 17.8 Å². The van der Waals surface area contributed by atoms with Crippen LogP contribution in [0.2, 0.25) is 0 Å². The zero-order chi connectivity index (χ0) is 13.4. The molecule has 0 rings (SSSR count). The van der Waals surface area contributed by atoms with Crippen LogP contribution in [0.3, 0.4) is 0 Å². The van der Waals surface area contributed by atoms with E-state index in [2.05, 4.69) is 25.1 Å². The predicted molar refractivity (Wildman–Crippen MR) is 76.2 cm³/mol. The molecule has 0 radical (unpaired) electrons. The highest BCUT2D eigenvalue weighted by molar-refractivity contribution is 5.79. The van der Waals surface area contributed by atoms with Gasteiger partial charge in [-0.3, -0.25) is 4.99 Å². The van der Waals surface area contributed by atoms with E-state index in [0.29, 0.717) is 6.61 Å². The van der Waals surface area contributed by atoms with Crippen molar-refractivity contribution >= 4 is 5.71 Å². The maximum atomic E-state index is 5.42. The molecule has 0 N–H and O–H groups in total. The second-order valence-corrected chi connectivity index (χ2v) is 4.52. The van der Waals surface area contributed by atoms with Gasteiger partial charge in [0.05, 0.1) is 12.4 Å². The molecule has 0 aliphatic carbocycles. The highest BCUT2D eigenvalue weighted by atomic mass is 16.5. The van der Waals surface area contributed by atoms with Gasteiger partial charge in [-0.15, -0.1) is 0 Å². The lowest BCUT2D eigenvalue weighted by Crippen LogP contribution is -2.04. The molecular weight excluding hydrogens is 210 g/mol. The Morgan fingerprint density at radius 2 is 1.88 bits per heavy atom. The van der Waals surface area contributed by atoms with Gasteiger partial charge in [0.2, 0.25) is 0 Å². The van der Waals surface area contributed by atoms with Crippen LogP contribution in [0.25, 0.3) is 0 Å². The van der Waals surface area contributed by atoms with Crippen LogP contribution in [-0.4, -0.2) is 12.3 Å². The minimum Gasteiger partial charge on any atom is -0.499 e. The summed E-state index contributed by atoms with van der Waals surface area (Å²) in [7, 11) is 0. The molecule has 0 amide bonds. The maximum absolute atomic E-state index is 5.42. The maximum Gasteiger partial charge on any atom is 0.0919 e. The van der Waals surface area contributed by atoms with Gasteiger partial charge in [0.15, 0.2) is 0 Å². The van der Waals surface area contributed by atoms with E-state index in [4.69, 9.17) is 4.74 Å². The van der Waals surface area contributed by atoms with Gasteiger partial charge in [-0.1, -0.05) is 25.7 Å². The summed E-state index contributed by atoms with van der Waals surface area (Å²) in [5.74, 6) is 1.11. The second kappa shape index (κ2) is 7.88. The van der Waals surface area contributed by atoms with E-state index in [1.54, 1.807) is 0 Å². The van der Waals surface area contributed by atoms with Crippen molar-refractivity contribution in [2.45, 2.75) is 41.0 Å². The van der Waals surface area contributed by atoms with E-state index in [-0.39, 0.29) is 5.92 Å². The Labute approximate surface area is 106 Å². The summed E-state index contributed by atoms with van der Waals surface area (Å²) in [5, 5.41) is 0. The summed E-state index contributed by atoms with van der Waals surface area (Å²) < 4.78 is 5.42. The lowest BCUT2D eigenvalue weighted by atomic mass is 9.96. The lowest BCUT2D eigenvalue weighted by Gasteiger charge is -2.16. The molecule has 0 aromatic carbocycles. The van der Waals surface area contributed by atoms with Crippen LogP contribution in [-0.2, 0) is 4.74 Å². The summed E-state index contributed by atoms with van der Waals surface area (Å²) in [5.41, 5.74) is 3.24. The van der Waals surface area contributed by atoms with E-state index in [1.807, 2.05) is 33.9 Å². The number of rotatable bonds is 7. The third-order valence-corrected chi connectivity index (χ3v) is 2.43. The first-order valence-corrected chi connectivity index (χ1v) is 6.06. The van der Waals surface area contributed by atoms with Gasteiger partial charge in [0.25, 0.3) is 0 Å². The Balaban J connectivity index is 4.67. The molecule has 0 aliphatic heterocycles. The molecule has 0 aliphatic rings. The first kappa shape index (κ1) is 15.7. The first-order chi connectivity index (χ1) is 7.88. The lowest BCUT2D eigenvalue weighted by molar-refractivity contribution is 0.197. The highest BCUT2D eigenvalue weighted by Crippen LogP contribution is 2.23. The fraction of sp³-hybridized carbons (Fsp3) is 0.533. The van der Waals surface area contributed by atoms with Gasteiger partial charge in [-0.2, -0.15) is 0 Å². The van der Waals surface area contributed by atoms with E-state index in [9.17, 15) is 0 Å². The molecule has 0 fully saturated rings. The average molecular weight is 235 g/mol. The Bertz CT molecular complexity index is 333. The fourth-order valence-corrected chi connectivity index (χ4v) is 1.32. The van der Waals surface area contributed by atoms with Crippen molar-refractivity contribution in [1.29, 1.82) is 0 Å². The molecule has 1 atom stereocenters. The quantitative estimate of drug-likeness (QED) is 0.361. The smallest absolute Gasteiger partial charge is 0.0919 e. The molecule has 17 heavy (non-hydrogen) atoms. The topological polar surface area (TPSA) is 21.6 Å². The SMILES string of the molecule is C=C(C)/C(=C\N=C(C)C)CC(C)C(=C)OCC. The predicted octanol–water partition coefficient (Wildman–Crippen LogP) is 4.50. The van der Waals surface area contributed by atoms with Crippen LogP contribution < -0.4 is 0 Å². The molecule has 0 aromatic rings. The van der Waals surface area contributed by atoms with Crippen molar-refractivity contribution < 1.29 is 4.74 Å². The monoisotopic (exact) mass is 235 g/mol. The number of nitrogens with zero attached hydrogens (tertiary/aromatic N) is 1. The van der Waals surface area contributed by atoms with Gasteiger partial charge in [0.1, 0.15) is 0 Å². The molecule has 2 heteroatoms. The van der Waals surface area contributed by atoms with Crippen molar-refractivity contribution in [3.8, 4) is 0 Å². The standard InChI is InChI=1S/C15H25NO/c1-8-17-14(7)13(6)9-15(11(2)3)10-16-12(4)5/h10,13H,2,7-9H2,1,3-6H3/b15-10-. The molecule has 96 valence electrons. The van der Waals surface area contributed by atoms with Crippen LogP contribution in [0.5, 0.6) is 0 Å². The number of hydrogen-bond donors (Lipinski definition) is 0. The van der Waals surface area contributed by atoms with Crippen LogP contribution >= 0.6 is 0 Å². The minimum absolute atomic E-state index is 0.283. The molecule has 2 nitrogen and oxygen atoms in total. The van der Waals surface area contributed by atoms with Crippen LogP contribution in [0.1, 0.15) is 41.0 Å².